The molecule has 0 saturated carbocycles. The van der Waals surface area contributed by atoms with Crippen LogP contribution >= 0.6 is 0 Å². The van der Waals surface area contributed by atoms with Gasteiger partial charge in [-0.15, -0.1) is 10.2 Å². The Kier molecular flexibility index (Phi) is 7.00. The van der Waals surface area contributed by atoms with Crippen molar-refractivity contribution in [2.45, 2.75) is 52.1 Å². The SMILES string of the molecule is CC(C)[C@H](NC(=O)c1c(F)cccc1F)C(=O)Nc1ccc(-c2nnc3n2CCCCC3)cc1. The van der Waals surface area contributed by atoms with Crippen molar-refractivity contribution in [1.82, 2.24) is 20.1 Å². The first-order chi connectivity index (χ1) is 16.3. The molecule has 1 atom stereocenters. The highest BCUT2D eigenvalue weighted by atomic mass is 19.1. The van der Waals surface area contributed by atoms with Crippen molar-refractivity contribution in [3.05, 3.63) is 65.5 Å². The normalized spacial score (nSPS) is 14.3. The minimum absolute atomic E-state index is 0.315. The summed E-state index contributed by atoms with van der Waals surface area (Å²) in [6.07, 6.45) is 4.29. The van der Waals surface area contributed by atoms with Gasteiger partial charge in [0.15, 0.2) is 5.82 Å². The summed E-state index contributed by atoms with van der Waals surface area (Å²) in [4.78, 5) is 25.4. The molecule has 0 spiro atoms. The number of fused-ring (bicyclic) bond motifs is 1. The van der Waals surface area contributed by atoms with E-state index < -0.39 is 35.1 Å². The molecule has 0 aliphatic carbocycles. The number of halogens is 2. The van der Waals surface area contributed by atoms with E-state index in [9.17, 15) is 18.4 Å². The topological polar surface area (TPSA) is 88.9 Å². The monoisotopic (exact) mass is 467 g/mol. The van der Waals surface area contributed by atoms with E-state index in [1.807, 2.05) is 12.1 Å². The fourth-order valence-corrected chi connectivity index (χ4v) is 4.08. The Morgan fingerprint density at radius 2 is 1.68 bits per heavy atom. The van der Waals surface area contributed by atoms with Crippen LogP contribution in [-0.4, -0.2) is 32.6 Å². The van der Waals surface area contributed by atoms with Crippen molar-refractivity contribution in [3.8, 4) is 11.4 Å². The number of anilines is 1. The van der Waals surface area contributed by atoms with Gasteiger partial charge in [-0.25, -0.2) is 8.78 Å². The third-order valence-corrected chi connectivity index (χ3v) is 5.95. The highest BCUT2D eigenvalue weighted by Crippen LogP contribution is 2.24. The molecule has 4 rings (SSSR count). The molecule has 2 amide bonds. The summed E-state index contributed by atoms with van der Waals surface area (Å²) in [7, 11) is 0. The fourth-order valence-electron chi connectivity index (χ4n) is 4.08. The first-order valence-corrected chi connectivity index (χ1v) is 11.4. The van der Waals surface area contributed by atoms with Crippen molar-refractivity contribution >= 4 is 17.5 Å². The van der Waals surface area contributed by atoms with Gasteiger partial charge in [0.05, 0.1) is 0 Å². The molecule has 0 bridgehead atoms. The first kappa shape index (κ1) is 23.5. The van der Waals surface area contributed by atoms with E-state index in [1.165, 1.54) is 12.5 Å². The van der Waals surface area contributed by atoms with E-state index in [-0.39, 0.29) is 5.92 Å². The van der Waals surface area contributed by atoms with Crippen LogP contribution in [0.3, 0.4) is 0 Å². The minimum Gasteiger partial charge on any atom is -0.340 e. The number of carbonyl (C=O) groups is 2. The number of nitrogens with one attached hydrogen (secondary N) is 2. The van der Waals surface area contributed by atoms with Gasteiger partial charge in [0.1, 0.15) is 29.1 Å². The number of aromatic nitrogens is 3. The lowest BCUT2D eigenvalue weighted by Crippen LogP contribution is -2.47. The lowest BCUT2D eigenvalue weighted by molar-refractivity contribution is -0.118. The third-order valence-electron chi connectivity index (χ3n) is 5.95. The molecule has 0 saturated heterocycles. The number of carbonyl (C=O) groups excluding carboxylic acids is 2. The zero-order valence-electron chi connectivity index (χ0n) is 19.1. The summed E-state index contributed by atoms with van der Waals surface area (Å²) < 4.78 is 30.1. The predicted molar refractivity (Wildman–Crippen MR) is 124 cm³/mol. The minimum atomic E-state index is -0.988. The first-order valence-electron chi connectivity index (χ1n) is 11.4. The highest BCUT2D eigenvalue weighted by molar-refractivity contribution is 6.01. The van der Waals surface area contributed by atoms with E-state index in [1.54, 1.807) is 26.0 Å². The van der Waals surface area contributed by atoms with Crippen molar-refractivity contribution in [2.75, 3.05) is 5.32 Å². The maximum atomic E-state index is 14.0. The summed E-state index contributed by atoms with van der Waals surface area (Å²) in [6.45, 7) is 4.36. The number of hydrogen-bond acceptors (Lipinski definition) is 4. The van der Waals surface area contributed by atoms with Crippen LogP contribution in [0.25, 0.3) is 11.4 Å². The van der Waals surface area contributed by atoms with Crippen LogP contribution in [0.1, 0.15) is 49.3 Å². The molecule has 9 heteroatoms. The van der Waals surface area contributed by atoms with Gasteiger partial charge >= 0.3 is 0 Å². The van der Waals surface area contributed by atoms with Crippen LogP contribution < -0.4 is 10.6 Å². The van der Waals surface area contributed by atoms with E-state index in [0.29, 0.717) is 5.69 Å². The zero-order valence-corrected chi connectivity index (χ0v) is 19.1. The number of aryl methyl sites for hydroxylation is 1. The van der Waals surface area contributed by atoms with E-state index >= 15 is 0 Å². The van der Waals surface area contributed by atoms with Gasteiger partial charge < -0.3 is 15.2 Å². The second kappa shape index (κ2) is 10.1. The van der Waals surface area contributed by atoms with Gasteiger partial charge in [0, 0.05) is 24.2 Å². The molecule has 2 aromatic carbocycles. The second-order valence-electron chi connectivity index (χ2n) is 8.76. The quantitative estimate of drug-likeness (QED) is 0.564. The molecule has 7 nitrogen and oxygen atoms in total. The second-order valence-corrected chi connectivity index (χ2v) is 8.76. The summed E-state index contributed by atoms with van der Waals surface area (Å²) in [5.74, 6) is -1.95. The van der Waals surface area contributed by atoms with Gasteiger partial charge in [-0.3, -0.25) is 9.59 Å². The smallest absolute Gasteiger partial charge is 0.257 e. The van der Waals surface area contributed by atoms with Crippen LogP contribution in [0.15, 0.2) is 42.5 Å². The van der Waals surface area contributed by atoms with E-state index in [0.717, 1.165) is 55.2 Å². The molecule has 2 N–H and O–H groups in total. The molecular formula is C25H27F2N5O2. The van der Waals surface area contributed by atoms with Gasteiger partial charge in [0.2, 0.25) is 5.91 Å². The summed E-state index contributed by atoms with van der Waals surface area (Å²) in [5.41, 5.74) is 0.710. The Bertz CT molecular complexity index is 1170. The number of benzene rings is 2. The lowest BCUT2D eigenvalue weighted by Gasteiger charge is -2.22. The molecule has 1 aliphatic rings. The Labute approximate surface area is 196 Å². The van der Waals surface area contributed by atoms with Crippen molar-refractivity contribution < 1.29 is 18.4 Å². The van der Waals surface area contributed by atoms with Crippen LogP contribution in [0, 0.1) is 17.6 Å². The van der Waals surface area contributed by atoms with Crippen LogP contribution in [0.4, 0.5) is 14.5 Å². The molecule has 0 fully saturated rings. The van der Waals surface area contributed by atoms with Gasteiger partial charge in [0.25, 0.3) is 5.91 Å². The average molecular weight is 468 g/mol. The molecule has 178 valence electrons. The number of rotatable bonds is 6. The predicted octanol–water partition coefficient (Wildman–Crippen LogP) is 4.34. The van der Waals surface area contributed by atoms with Crippen LogP contribution in [-0.2, 0) is 17.8 Å². The molecule has 1 aliphatic heterocycles. The Balaban J connectivity index is 1.47. The molecule has 1 aromatic heterocycles. The third kappa shape index (κ3) is 4.98. The lowest BCUT2D eigenvalue weighted by atomic mass is 10.0. The van der Waals surface area contributed by atoms with Gasteiger partial charge in [-0.1, -0.05) is 26.3 Å². The standard InChI is InChI=1S/C25H27F2N5O2/c1-15(2)22(29-24(33)21-18(26)7-6-8-19(21)27)25(34)28-17-12-10-16(11-13-17)23-31-30-20-9-4-3-5-14-32(20)23/h6-8,10-13,15,22H,3-5,9,14H2,1-2H3,(H,28,34)(H,29,33)/t22-/m0/s1. The van der Waals surface area contributed by atoms with Crippen molar-refractivity contribution in [3.63, 3.8) is 0 Å². The van der Waals surface area contributed by atoms with Crippen molar-refractivity contribution in [1.29, 1.82) is 0 Å². The Morgan fingerprint density at radius 3 is 2.35 bits per heavy atom. The number of nitrogens with zero attached hydrogens (tertiary/aromatic N) is 3. The fraction of sp³-hybridized carbons (Fsp3) is 0.360. The van der Waals surface area contributed by atoms with Gasteiger partial charge in [-0.05, 0) is 55.2 Å². The van der Waals surface area contributed by atoms with Crippen LogP contribution in [0.2, 0.25) is 0 Å². The zero-order chi connectivity index (χ0) is 24.2. The summed E-state index contributed by atoms with van der Waals surface area (Å²) >= 11 is 0. The van der Waals surface area contributed by atoms with Gasteiger partial charge in [-0.2, -0.15) is 0 Å². The van der Waals surface area contributed by atoms with Crippen LogP contribution in [0.5, 0.6) is 0 Å². The summed E-state index contributed by atoms with van der Waals surface area (Å²) in [6, 6.07) is 9.40. The van der Waals surface area contributed by atoms with E-state index in [4.69, 9.17) is 0 Å². The molecule has 2 heterocycles. The number of amides is 2. The molecular weight excluding hydrogens is 440 g/mol. The molecule has 3 aromatic rings. The maximum Gasteiger partial charge on any atom is 0.257 e. The van der Waals surface area contributed by atoms with E-state index in [2.05, 4.69) is 25.4 Å². The largest absolute Gasteiger partial charge is 0.340 e. The maximum absolute atomic E-state index is 14.0. The Morgan fingerprint density at radius 1 is 0.971 bits per heavy atom. The molecule has 34 heavy (non-hydrogen) atoms. The summed E-state index contributed by atoms with van der Waals surface area (Å²) in [5, 5.41) is 13.9. The highest BCUT2D eigenvalue weighted by Gasteiger charge is 2.27. The number of hydrogen-bond donors (Lipinski definition) is 2. The average Bonchev–Trinajstić information content (AvgIpc) is 3.05. The van der Waals surface area contributed by atoms with Crippen molar-refractivity contribution in [2.24, 2.45) is 5.92 Å². The Hall–Kier alpha value is -3.62. The molecule has 0 radical (unpaired) electrons. The molecule has 0 unspecified atom stereocenters.